The van der Waals surface area contributed by atoms with Crippen molar-refractivity contribution in [3.63, 3.8) is 0 Å². The third-order valence-electron chi connectivity index (χ3n) is 4.09. The molecule has 0 unspecified atom stereocenters. The highest BCUT2D eigenvalue weighted by atomic mass is 16.5. The molecule has 1 N–H and O–H groups in total. The molecule has 27 heavy (non-hydrogen) atoms. The largest absolute Gasteiger partial charge is 0.483 e. The molecule has 0 atom stereocenters. The summed E-state index contributed by atoms with van der Waals surface area (Å²) >= 11 is 0. The summed E-state index contributed by atoms with van der Waals surface area (Å²) in [6.07, 6.45) is 3.70. The standard InChI is InChI=1S/C21H24N4O2/c1-16-6-4-5-7-20(16)27-14-21(26)23-22-13-17-8-9-19-18(12-17)10-11-25(19)15-24(2)3/h4-13H,14-15H2,1-3H3,(H,23,26)/b22-13+. The molecule has 0 aliphatic heterocycles. The van der Waals surface area contributed by atoms with Crippen LogP contribution in [0.15, 0.2) is 59.8 Å². The van der Waals surface area contributed by atoms with Gasteiger partial charge in [0, 0.05) is 17.1 Å². The summed E-state index contributed by atoms with van der Waals surface area (Å²) in [5.74, 6) is 0.400. The molecule has 0 spiro atoms. The van der Waals surface area contributed by atoms with Crippen LogP contribution in [0.1, 0.15) is 11.1 Å². The number of hydrazone groups is 1. The first-order chi connectivity index (χ1) is 13.0. The molecule has 0 bridgehead atoms. The molecule has 3 aromatic rings. The van der Waals surface area contributed by atoms with Crippen LogP contribution in [0.5, 0.6) is 5.75 Å². The number of rotatable bonds is 7. The van der Waals surface area contributed by atoms with Crippen molar-refractivity contribution in [3.8, 4) is 5.75 Å². The number of hydrogen-bond acceptors (Lipinski definition) is 4. The van der Waals surface area contributed by atoms with Crippen molar-refractivity contribution in [3.05, 3.63) is 65.9 Å². The number of benzene rings is 2. The molecule has 0 fully saturated rings. The molecular weight excluding hydrogens is 340 g/mol. The molecule has 1 heterocycles. The number of carbonyl (C=O) groups is 1. The summed E-state index contributed by atoms with van der Waals surface area (Å²) in [5.41, 5.74) is 5.57. The zero-order chi connectivity index (χ0) is 19.2. The topological polar surface area (TPSA) is 58.9 Å². The molecule has 2 aromatic carbocycles. The number of carbonyl (C=O) groups excluding carboxylic acids is 1. The summed E-state index contributed by atoms with van der Waals surface area (Å²) in [4.78, 5) is 14.0. The molecule has 0 radical (unpaired) electrons. The van der Waals surface area contributed by atoms with Gasteiger partial charge in [-0.1, -0.05) is 24.3 Å². The van der Waals surface area contributed by atoms with Gasteiger partial charge in [-0.05, 0) is 56.4 Å². The predicted octanol–water partition coefficient (Wildman–Crippen LogP) is 3.00. The van der Waals surface area contributed by atoms with Crippen molar-refractivity contribution in [1.29, 1.82) is 0 Å². The number of ether oxygens (including phenoxy) is 1. The van der Waals surface area contributed by atoms with E-state index in [0.29, 0.717) is 5.75 Å². The van der Waals surface area contributed by atoms with E-state index < -0.39 is 0 Å². The fraction of sp³-hybridized carbons (Fsp3) is 0.238. The lowest BCUT2D eigenvalue weighted by Crippen LogP contribution is -2.24. The fourth-order valence-corrected chi connectivity index (χ4v) is 2.80. The van der Waals surface area contributed by atoms with Gasteiger partial charge >= 0.3 is 0 Å². The van der Waals surface area contributed by atoms with Crippen LogP contribution in [0.25, 0.3) is 10.9 Å². The van der Waals surface area contributed by atoms with E-state index in [0.717, 1.165) is 28.7 Å². The minimum absolute atomic E-state index is 0.0748. The van der Waals surface area contributed by atoms with E-state index in [9.17, 15) is 4.79 Å². The maximum absolute atomic E-state index is 11.9. The van der Waals surface area contributed by atoms with Gasteiger partial charge < -0.3 is 9.30 Å². The maximum atomic E-state index is 11.9. The van der Waals surface area contributed by atoms with Gasteiger partial charge in [0.05, 0.1) is 12.9 Å². The van der Waals surface area contributed by atoms with Crippen molar-refractivity contribution >= 4 is 23.0 Å². The van der Waals surface area contributed by atoms with Crippen molar-refractivity contribution in [2.24, 2.45) is 5.10 Å². The van der Waals surface area contributed by atoms with Gasteiger partial charge in [0.1, 0.15) is 5.75 Å². The van der Waals surface area contributed by atoms with Crippen LogP contribution in [0.2, 0.25) is 0 Å². The number of nitrogens with zero attached hydrogens (tertiary/aromatic N) is 3. The van der Waals surface area contributed by atoms with Crippen molar-refractivity contribution < 1.29 is 9.53 Å². The first-order valence-electron chi connectivity index (χ1n) is 8.77. The molecule has 6 heteroatoms. The van der Waals surface area contributed by atoms with Crippen LogP contribution < -0.4 is 10.2 Å². The van der Waals surface area contributed by atoms with Crippen LogP contribution >= 0.6 is 0 Å². The summed E-state index contributed by atoms with van der Waals surface area (Å²) in [5, 5.41) is 5.15. The normalized spacial score (nSPS) is 11.4. The molecule has 0 aliphatic carbocycles. The maximum Gasteiger partial charge on any atom is 0.277 e. The summed E-state index contributed by atoms with van der Waals surface area (Å²) in [6.45, 7) is 2.69. The number of aromatic nitrogens is 1. The van der Waals surface area contributed by atoms with Crippen LogP contribution in [-0.2, 0) is 11.5 Å². The first-order valence-corrected chi connectivity index (χ1v) is 8.77. The van der Waals surface area contributed by atoms with Crippen LogP contribution in [-0.4, -0.2) is 42.3 Å². The van der Waals surface area contributed by atoms with E-state index in [-0.39, 0.29) is 12.5 Å². The smallest absolute Gasteiger partial charge is 0.277 e. The molecule has 6 nitrogen and oxygen atoms in total. The highest BCUT2D eigenvalue weighted by Gasteiger charge is 2.04. The number of nitrogens with one attached hydrogen (secondary N) is 1. The van der Waals surface area contributed by atoms with Gasteiger partial charge in [-0.25, -0.2) is 5.43 Å². The molecule has 0 aliphatic rings. The second kappa shape index (κ2) is 8.51. The van der Waals surface area contributed by atoms with Gasteiger partial charge in [0.2, 0.25) is 0 Å². The summed E-state index contributed by atoms with van der Waals surface area (Å²) in [6, 6.07) is 15.7. The minimum atomic E-state index is -0.298. The molecule has 140 valence electrons. The van der Waals surface area contributed by atoms with Crippen LogP contribution in [0.4, 0.5) is 0 Å². The van der Waals surface area contributed by atoms with E-state index in [1.165, 1.54) is 0 Å². The van der Waals surface area contributed by atoms with E-state index >= 15 is 0 Å². The Labute approximate surface area is 159 Å². The second-order valence-electron chi connectivity index (χ2n) is 6.67. The Morgan fingerprint density at radius 2 is 2.04 bits per heavy atom. The van der Waals surface area contributed by atoms with Crippen LogP contribution in [0, 0.1) is 6.92 Å². The SMILES string of the molecule is Cc1ccccc1OCC(=O)N/N=C/c1ccc2c(ccn2CN(C)C)c1. The van der Waals surface area contributed by atoms with E-state index in [1.807, 2.05) is 57.4 Å². The highest BCUT2D eigenvalue weighted by molar-refractivity contribution is 5.90. The van der Waals surface area contributed by atoms with E-state index in [2.05, 4.69) is 38.3 Å². The van der Waals surface area contributed by atoms with Gasteiger partial charge in [-0.2, -0.15) is 5.10 Å². The highest BCUT2D eigenvalue weighted by Crippen LogP contribution is 2.17. The first kappa shape index (κ1) is 18.7. The Morgan fingerprint density at radius 3 is 2.81 bits per heavy atom. The average molecular weight is 364 g/mol. The number of hydrogen-bond donors (Lipinski definition) is 1. The Morgan fingerprint density at radius 1 is 1.22 bits per heavy atom. The molecule has 0 saturated heterocycles. The molecule has 0 saturated carbocycles. The monoisotopic (exact) mass is 364 g/mol. The zero-order valence-corrected chi connectivity index (χ0v) is 15.8. The average Bonchev–Trinajstić information content (AvgIpc) is 3.02. The molecule has 3 rings (SSSR count). The minimum Gasteiger partial charge on any atom is -0.483 e. The van der Waals surface area contributed by atoms with Gasteiger partial charge in [0.25, 0.3) is 5.91 Å². The van der Waals surface area contributed by atoms with Crippen molar-refractivity contribution in [2.45, 2.75) is 13.6 Å². The molecule has 1 aromatic heterocycles. The lowest BCUT2D eigenvalue weighted by molar-refractivity contribution is -0.123. The van der Waals surface area contributed by atoms with E-state index in [4.69, 9.17) is 4.74 Å². The Kier molecular flexibility index (Phi) is 5.88. The lowest BCUT2D eigenvalue weighted by Gasteiger charge is -2.12. The Balaban J connectivity index is 1.56. The number of amides is 1. The lowest BCUT2D eigenvalue weighted by atomic mass is 10.2. The van der Waals surface area contributed by atoms with Crippen molar-refractivity contribution in [2.75, 3.05) is 20.7 Å². The third-order valence-corrected chi connectivity index (χ3v) is 4.09. The quantitative estimate of drug-likeness (QED) is 0.518. The predicted molar refractivity (Wildman–Crippen MR) is 108 cm³/mol. The van der Waals surface area contributed by atoms with E-state index in [1.54, 1.807) is 6.21 Å². The van der Waals surface area contributed by atoms with Gasteiger partial charge in [-0.3, -0.25) is 9.69 Å². The number of para-hydroxylation sites is 1. The third kappa shape index (κ3) is 4.95. The summed E-state index contributed by atoms with van der Waals surface area (Å²) < 4.78 is 7.68. The Bertz CT molecular complexity index is 960. The zero-order valence-electron chi connectivity index (χ0n) is 15.8. The number of aryl methyl sites for hydroxylation is 1. The number of fused-ring (bicyclic) bond motifs is 1. The summed E-state index contributed by atoms with van der Waals surface area (Å²) in [7, 11) is 4.08. The van der Waals surface area contributed by atoms with Gasteiger partial charge in [0.15, 0.2) is 6.61 Å². The second-order valence-corrected chi connectivity index (χ2v) is 6.67. The molecule has 1 amide bonds. The molecular formula is C21H24N4O2. The van der Waals surface area contributed by atoms with Crippen molar-refractivity contribution in [1.82, 2.24) is 14.9 Å². The van der Waals surface area contributed by atoms with Gasteiger partial charge in [-0.15, -0.1) is 0 Å². The fourth-order valence-electron chi connectivity index (χ4n) is 2.80. The Hall–Kier alpha value is -3.12. The van der Waals surface area contributed by atoms with Crippen LogP contribution in [0.3, 0.4) is 0 Å².